The summed E-state index contributed by atoms with van der Waals surface area (Å²) in [5, 5.41) is 10.8. The van der Waals surface area contributed by atoms with Crippen LogP contribution in [0.1, 0.15) is 23.2 Å². The zero-order valence-corrected chi connectivity index (χ0v) is 10.1. The van der Waals surface area contributed by atoms with Crippen LogP contribution in [0.15, 0.2) is 42.6 Å². The lowest BCUT2D eigenvalue weighted by atomic mass is 9.90. The topological polar surface area (TPSA) is 59.1 Å². The monoisotopic (exact) mass is 240 g/mol. The number of nitrogens with two attached hydrogens (primary N) is 1. The Labute approximate surface area is 106 Å². The number of aryl methyl sites for hydroxylation is 1. The Morgan fingerprint density at radius 1 is 1.28 bits per heavy atom. The Hall–Kier alpha value is -1.87. The van der Waals surface area contributed by atoms with E-state index in [4.69, 9.17) is 5.73 Å². The summed E-state index contributed by atoms with van der Waals surface area (Å²) in [6.45, 7) is 0. The average molecular weight is 240 g/mol. The lowest BCUT2D eigenvalue weighted by Gasteiger charge is -2.23. The fourth-order valence-corrected chi connectivity index (χ4v) is 2.74. The third-order valence-corrected chi connectivity index (χ3v) is 3.64. The van der Waals surface area contributed by atoms with Crippen LogP contribution in [0.5, 0.6) is 0 Å². The SMILES string of the molecule is Nc1ccc2c(c1)CCC2(O)Cc1ccccn1. The summed E-state index contributed by atoms with van der Waals surface area (Å²) in [5.74, 6) is 0. The van der Waals surface area contributed by atoms with E-state index in [-0.39, 0.29) is 0 Å². The van der Waals surface area contributed by atoms with Crippen LogP contribution in [0.4, 0.5) is 5.69 Å². The standard InChI is InChI=1S/C15H16N2O/c16-12-4-5-14-11(9-12)6-7-15(14,18)10-13-3-1-2-8-17-13/h1-5,8-9,18H,6-7,10,16H2. The number of benzene rings is 1. The van der Waals surface area contributed by atoms with Crippen LogP contribution in [0, 0.1) is 0 Å². The van der Waals surface area contributed by atoms with Crippen molar-refractivity contribution in [2.45, 2.75) is 24.9 Å². The van der Waals surface area contributed by atoms with E-state index in [9.17, 15) is 5.11 Å². The molecule has 1 aromatic carbocycles. The molecule has 3 rings (SSSR count). The van der Waals surface area contributed by atoms with Crippen LogP contribution in [-0.2, 0) is 18.4 Å². The van der Waals surface area contributed by atoms with Crippen LogP contribution >= 0.6 is 0 Å². The Morgan fingerprint density at radius 3 is 2.94 bits per heavy atom. The maximum atomic E-state index is 10.8. The molecular weight excluding hydrogens is 224 g/mol. The van der Waals surface area contributed by atoms with Gasteiger partial charge in [0.25, 0.3) is 0 Å². The largest absolute Gasteiger partial charge is 0.399 e. The molecule has 0 bridgehead atoms. The van der Waals surface area contributed by atoms with Crippen molar-refractivity contribution < 1.29 is 5.11 Å². The van der Waals surface area contributed by atoms with Crippen LogP contribution in [-0.4, -0.2) is 10.1 Å². The van der Waals surface area contributed by atoms with Gasteiger partial charge in [0.1, 0.15) is 0 Å². The van der Waals surface area contributed by atoms with Gasteiger partial charge in [-0.25, -0.2) is 0 Å². The Bertz CT molecular complexity index is 568. The predicted molar refractivity (Wildman–Crippen MR) is 71.0 cm³/mol. The molecule has 2 aromatic rings. The highest BCUT2D eigenvalue weighted by molar-refractivity contribution is 5.49. The zero-order valence-electron chi connectivity index (χ0n) is 10.1. The molecule has 3 heteroatoms. The Balaban J connectivity index is 1.94. The summed E-state index contributed by atoms with van der Waals surface area (Å²) in [7, 11) is 0. The van der Waals surface area contributed by atoms with Crippen molar-refractivity contribution >= 4 is 5.69 Å². The van der Waals surface area contributed by atoms with Gasteiger partial charge in [-0.05, 0) is 48.2 Å². The number of hydrogen-bond acceptors (Lipinski definition) is 3. The predicted octanol–water partition coefficient (Wildman–Crippen LogP) is 2.04. The van der Waals surface area contributed by atoms with Crippen LogP contribution in [0.2, 0.25) is 0 Å². The summed E-state index contributed by atoms with van der Waals surface area (Å²) in [5.41, 5.74) is 8.83. The van der Waals surface area contributed by atoms with Gasteiger partial charge in [0, 0.05) is 24.0 Å². The molecule has 1 aliphatic rings. The van der Waals surface area contributed by atoms with E-state index in [1.54, 1.807) is 6.20 Å². The molecule has 0 saturated carbocycles. The second-order valence-corrected chi connectivity index (χ2v) is 4.95. The number of pyridine rings is 1. The third-order valence-electron chi connectivity index (χ3n) is 3.64. The maximum Gasteiger partial charge on any atom is 0.0957 e. The van der Waals surface area contributed by atoms with E-state index < -0.39 is 5.60 Å². The fourth-order valence-electron chi connectivity index (χ4n) is 2.74. The number of aliphatic hydroxyl groups is 1. The highest BCUT2D eigenvalue weighted by Crippen LogP contribution is 2.39. The summed E-state index contributed by atoms with van der Waals surface area (Å²) < 4.78 is 0. The molecule has 1 aliphatic carbocycles. The molecule has 0 amide bonds. The smallest absolute Gasteiger partial charge is 0.0957 e. The van der Waals surface area contributed by atoms with E-state index in [0.717, 1.165) is 35.3 Å². The van der Waals surface area contributed by atoms with Crippen molar-refractivity contribution in [3.05, 3.63) is 59.4 Å². The molecule has 92 valence electrons. The minimum Gasteiger partial charge on any atom is -0.399 e. The van der Waals surface area contributed by atoms with Gasteiger partial charge in [-0.1, -0.05) is 12.1 Å². The van der Waals surface area contributed by atoms with Crippen LogP contribution in [0.3, 0.4) is 0 Å². The molecule has 0 radical (unpaired) electrons. The zero-order chi connectivity index (χ0) is 12.6. The molecule has 0 saturated heterocycles. The normalized spacial score (nSPS) is 21.8. The molecule has 1 unspecified atom stereocenters. The van der Waals surface area contributed by atoms with E-state index in [0.29, 0.717) is 6.42 Å². The molecule has 0 aliphatic heterocycles. The Morgan fingerprint density at radius 2 is 2.17 bits per heavy atom. The summed E-state index contributed by atoms with van der Waals surface area (Å²) in [6.07, 6.45) is 3.94. The molecule has 1 aromatic heterocycles. The van der Waals surface area contributed by atoms with Gasteiger partial charge in [0.15, 0.2) is 0 Å². The summed E-state index contributed by atoms with van der Waals surface area (Å²) in [4.78, 5) is 4.29. The minimum absolute atomic E-state index is 0.560. The van der Waals surface area contributed by atoms with Crippen LogP contribution in [0.25, 0.3) is 0 Å². The molecule has 18 heavy (non-hydrogen) atoms. The van der Waals surface area contributed by atoms with Crippen LogP contribution < -0.4 is 5.73 Å². The van der Waals surface area contributed by atoms with E-state index in [1.165, 1.54) is 0 Å². The van der Waals surface area contributed by atoms with E-state index in [1.807, 2.05) is 36.4 Å². The number of aromatic nitrogens is 1. The lowest BCUT2D eigenvalue weighted by molar-refractivity contribution is 0.0380. The van der Waals surface area contributed by atoms with Crippen molar-refractivity contribution in [2.75, 3.05) is 5.73 Å². The second kappa shape index (κ2) is 4.10. The summed E-state index contributed by atoms with van der Waals surface area (Å²) >= 11 is 0. The maximum absolute atomic E-state index is 10.8. The first-order valence-corrected chi connectivity index (χ1v) is 6.19. The molecule has 1 atom stereocenters. The van der Waals surface area contributed by atoms with E-state index in [2.05, 4.69) is 4.98 Å². The molecular formula is C15H16N2O. The molecule has 1 heterocycles. The minimum atomic E-state index is -0.794. The van der Waals surface area contributed by atoms with Crippen molar-refractivity contribution in [1.29, 1.82) is 0 Å². The molecule has 3 N–H and O–H groups in total. The first-order chi connectivity index (χ1) is 8.67. The van der Waals surface area contributed by atoms with Crippen molar-refractivity contribution in [1.82, 2.24) is 4.98 Å². The van der Waals surface area contributed by atoms with Gasteiger partial charge in [0.05, 0.1) is 5.60 Å². The molecule has 0 fully saturated rings. The fraction of sp³-hybridized carbons (Fsp3) is 0.267. The van der Waals surface area contributed by atoms with Gasteiger partial charge in [-0.2, -0.15) is 0 Å². The Kier molecular flexibility index (Phi) is 2.56. The van der Waals surface area contributed by atoms with Crippen molar-refractivity contribution in [2.24, 2.45) is 0 Å². The first kappa shape index (κ1) is 11.2. The highest BCUT2D eigenvalue weighted by Gasteiger charge is 2.36. The van der Waals surface area contributed by atoms with Gasteiger partial charge in [0.2, 0.25) is 0 Å². The number of anilines is 1. The van der Waals surface area contributed by atoms with Gasteiger partial charge in [-0.3, -0.25) is 4.98 Å². The van der Waals surface area contributed by atoms with Gasteiger partial charge < -0.3 is 10.8 Å². The van der Waals surface area contributed by atoms with Crippen molar-refractivity contribution in [3.63, 3.8) is 0 Å². The van der Waals surface area contributed by atoms with Gasteiger partial charge in [-0.15, -0.1) is 0 Å². The van der Waals surface area contributed by atoms with Crippen molar-refractivity contribution in [3.8, 4) is 0 Å². The number of rotatable bonds is 2. The average Bonchev–Trinajstić information content (AvgIpc) is 2.67. The number of nitrogen functional groups attached to an aromatic ring is 1. The first-order valence-electron chi connectivity index (χ1n) is 6.19. The third kappa shape index (κ3) is 1.87. The number of fused-ring (bicyclic) bond motifs is 1. The second-order valence-electron chi connectivity index (χ2n) is 4.95. The highest BCUT2D eigenvalue weighted by atomic mass is 16.3. The summed E-state index contributed by atoms with van der Waals surface area (Å²) in [6, 6.07) is 11.6. The number of hydrogen-bond donors (Lipinski definition) is 2. The van der Waals surface area contributed by atoms with E-state index >= 15 is 0 Å². The quantitative estimate of drug-likeness (QED) is 0.790. The lowest BCUT2D eigenvalue weighted by Crippen LogP contribution is -2.25. The number of nitrogens with zero attached hydrogens (tertiary/aromatic N) is 1. The molecule has 3 nitrogen and oxygen atoms in total. The van der Waals surface area contributed by atoms with Gasteiger partial charge >= 0.3 is 0 Å². The molecule has 0 spiro atoms.